The summed E-state index contributed by atoms with van der Waals surface area (Å²) in [6, 6.07) is 8.60. The van der Waals surface area contributed by atoms with Crippen molar-refractivity contribution in [2.75, 3.05) is 29.9 Å². The van der Waals surface area contributed by atoms with Crippen molar-refractivity contribution in [1.82, 2.24) is 9.88 Å². The number of hydrogen-bond acceptors (Lipinski definition) is 4. The van der Waals surface area contributed by atoms with Crippen LogP contribution in [0, 0.1) is 5.82 Å². The zero-order valence-electron chi connectivity index (χ0n) is 17.6. The van der Waals surface area contributed by atoms with Crippen LogP contribution in [-0.2, 0) is 0 Å². The maximum atomic E-state index is 14.3. The average molecular weight is 431 g/mol. The fourth-order valence-electron chi connectivity index (χ4n) is 3.48. The summed E-state index contributed by atoms with van der Waals surface area (Å²) in [5, 5.41) is 13.2. The Balaban J connectivity index is 1.64. The van der Waals surface area contributed by atoms with E-state index in [-0.39, 0.29) is 23.5 Å². The number of hydrogen-bond donors (Lipinski definition) is 2. The highest BCUT2D eigenvalue weighted by Crippen LogP contribution is 2.22. The van der Waals surface area contributed by atoms with Gasteiger partial charge in [0.15, 0.2) is 11.6 Å². The zero-order chi connectivity index (χ0) is 22.1. The van der Waals surface area contributed by atoms with Crippen molar-refractivity contribution < 1.29 is 19.1 Å². The number of halogens is 1. The first-order valence-corrected chi connectivity index (χ1v) is 13.4. The molecule has 0 saturated carbocycles. The van der Waals surface area contributed by atoms with Crippen molar-refractivity contribution in [3.8, 4) is 0 Å². The fourth-order valence-corrected chi connectivity index (χ4v) is 4.65. The number of nitrogens with zero attached hydrogens (tertiary/aromatic N) is 3. The minimum absolute atomic E-state index is 0.105. The summed E-state index contributed by atoms with van der Waals surface area (Å²) in [5.41, 5.74) is 0.552. The number of anilines is 2. The van der Waals surface area contributed by atoms with Gasteiger partial charge in [-0.2, -0.15) is 0 Å². The number of benzene rings is 1. The van der Waals surface area contributed by atoms with Crippen LogP contribution in [0.15, 0.2) is 36.5 Å². The van der Waals surface area contributed by atoms with Crippen molar-refractivity contribution in [1.29, 1.82) is 0 Å². The molecular weight excluding hydrogens is 403 g/mol. The number of rotatable bonds is 4. The van der Waals surface area contributed by atoms with E-state index in [9.17, 15) is 14.0 Å². The molecule has 0 spiro atoms. The number of carboxylic acid groups (broad SMARTS) is 1. The molecule has 1 saturated heterocycles. The molecule has 3 rings (SSSR count). The second kappa shape index (κ2) is 8.43. The van der Waals surface area contributed by atoms with Crippen LogP contribution >= 0.6 is 0 Å². The van der Waals surface area contributed by atoms with Gasteiger partial charge in [0, 0.05) is 37.6 Å². The summed E-state index contributed by atoms with van der Waals surface area (Å²) < 4.78 is 14.3. The molecule has 1 aliphatic rings. The summed E-state index contributed by atoms with van der Waals surface area (Å²) in [5.74, 6) is -1.79. The molecule has 0 bridgehead atoms. The molecule has 0 radical (unpaired) electrons. The number of nitrogens with one attached hydrogen (secondary N) is 1. The molecule has 9 heteroatoms. The lowest BCUT2D eigenvalue weighted by Gasteiger charge is -2.40. The topological polar surface area (TPSA) is 85.8 Å². The number of pyridine rings is 1. The Hall–Kier alpha value is -2.94. The Bertz CT molecular complexity index is 946. The van der Waals surface area contributed by atoms with E-state index in [1.54, 1.807) is 9.80 Å². The SMILES string of the molecule is CC1CN(c2ncc(C(=O)O)cc2F)CCN1C(=O)Nc1ccc([Si](C)(C)C)cc1. The van der Waals surface area contributed by atoms with E-state index in [1.807, 2.05) is 19.1 Å². The quantitative estimate of drug-likeness (QED) is 0.728. The van der Waals surface area contributed by atoms with Crippen LogP contribution in [0.5, 0.6) is 0 Å². The molecule has 1 aliphatic heterocycles. The lowest BCUT2D eigenvalue weighted by molar-refractivity contribution is 0.0695. The number of piperazine rings is 1. The molecule has 2 aromatic rings. The highest BCUT2D eigenvalue weighted by molar-refractivity contribution is 6.88. The molecule has 2 N–H and O–H groups in total. The van der Waals surface area contributed by atoms with Crippen LogP contribution in [0.3, 0.4) is 0 Å². The number of amides is 2. The van der Waals surface area contributed by atoms with E-state index in [0.29, 0.717) is 19.6 Å². The lowest BCUT2D eigenvalue weighted by atomic mass is 10.2. The standard InChI is InChI=1S/C21H27FN4O3Si/c1-14-13-25(19-18(22)11-15(12-23-19)20(27)28)9-10-26(14)21(29)24-16-5-7-17(8-6-16)30(2,3)4/h5-8,11-12,14H,9-10,13H2,1-4H3,(H,24,29)(H,27,28). The van der Waals surface area contributed by atoms with Crippen LogP contribution in [0.1, 0.15) is 17.3 Å². The third-order valence-corrected chi connectivity index (χ3v) is 7.32. The van der Waals surface area contributed by atoms with E-state index in [2.05, 4.69) is 42.1 Å². The molecule has 2 amide bonds. The third kappa shape index (κ3) is 4.78. The lowest BCUT2D eigenvalue weighted by Crippen LogP contribution is -2.55. The summed E-state index contributed by atoms with van der Waals surface area (Å²) in [7, 11) is -1.39. The van der Waals surface area contributed by atoms with Gasteiger partial charge in [-0.1, -0.05) is 37.0 Å². The van der Waals surface area contributed by atoms with Gasteiger partial charge in [-0.3, -0.25) is 0 Å². The average Bonchev–Trinajstić information content (AvgIpc) is 2.67. The molecular formula is C21H27FN4O3Si. The summed E-state index contributed by atoms with van der Waals surface area (Å²) in [6.07, 6.45) is 1.15. The van der Waals surface area contributed by atoms with Crippen LogP contribution in [-0.4, -0.2) is 60.7 Å². The predicted octanol–water partition coefficient (Wildman–Crippen LogP) is 3.21. The number of carboxylic acids is 1. The van der Waals surface area contributed by atoms with Crippen LogP contribution < -0.4 is 15.4 Å². The minimum atomic E-state index is -1.39. The largest absolute Gasteiger partial charge is 0.478 e. The first kappa shape index (κ1) is 21.8. The Labute approximate surface area is 176 Å². The molecule has 1 fully saturated rings. The van der Waals surface area contributed by atoms with E-state index in [4.69, 9.17) is 5.11 Å². The monoisotopic (exact) mass is 430 g/mol. The van der Waals surface area contributed by atoms with E-state index >= 15 is 0 Å². The predicted molar refractivity (Wildman–Crippen MR) is 118 cm³/mol. The highest BCUT2D eigenvalue weighted by Gasteiger charge is 2.29. The number of aromatic carboxylic acids is 1. The van der Waals surface area contributed by atoms with E-state index < -0.39 is 19.9 Å². The normalized spacial score (nSPS) is 17.0. The smallest absolute Gasteiger partial charge is 0.337 e. The Kier molecular flexibility index (Phi) is 6.11. The molecule has 2 heterocycles. The molecule has 7 nitrogen and oxygen atoms in total. The zero-order valence-corrected chi connectivity index (χ0v) is 18.6. The van der Waals surface area contributed by atoms with Gasteiger partial charge in [0.25, 0.3) is 0 Å². The van der Waals surface area contributed by atoms with Crippen molar-refractivity contribution in [2.45, 2.75) is 32.6 Å². The Morgan fingerprint density at radius 1 is 1.20 bits per heavy atom. The van der Waals surface area contributed by atoms with Gasteiger partial charge >= 0.3 is 12.0 Å². The van der Waals surface area contributed by atoms with E-state index in [0.717, 1.165) is 18.0 Å². The van der Waals surface area contributed by atoms with Crippen LogP contribution in [0.4, 0.5) is 20.7 Å². The van der Waals surface area contributed by atoms with Gasteiger partial charge in [-0.05, 0) is 25.1 Å². The van der Waals surface area contributed by atoms with Gasteiger partial charge in [-0.15, -0.1) is 0 Å². The molecule has 1 unspecified atom stereocenters. The third-order valence-electron chi connectivity index (χ3n) is 5.26. The molecule has 0 aliphatic carbocycles. The number of carbonyl (C=O) groups excluding carboxylic acids is 1. The minimum Gasteiger partial charge on any atom is -0.478 e. The number of aromatic nitrogens is 1. The first-order chi connectivity index (χ1) is 14.1. The molecule has 1 atom stereocenters. The van der Waals surface area contributed by atoms with Crippen molar-refractivity contribution in [3.05, 3.63) is 47.9 Å². The van der Waals surface area contributed by atoms with Crippen LogP contribution in [0.25, 0.3) is 0 Å². The molecule has 30 heavy (non-hydrogen) atoms. The maximum Gasteiger partial charge on any atom is 0.337 e. The molecule has 160 valence electrons. The summed E-state index contributed by atoms with van der Waals surface area (Å²) in [4.78, 5) is 31.1. The number of urea groups is 1. The van der Waals surface area contributed by atoms with E-state index in [1.165, 1.54) is 5.19 Å². The fraction of sp³-hybridized carbons (Fsp3) is 0.381. The Morgan fingerprint density at radius 2 is 1.87 bits per heavy atom. The first-order valence-electron chi connectivity index (χ1n) is 9.88. The van der Waals surface area contributed by atoms with Gasteiger partial charge < -0.3 is 20.2 Å². The van der Waals surface area contributed by atoms with Gasteiger partial charge in [-0.25, -0.2) is 19.0 Å². The van der Waals surface area contributed by atoms with Crippen molar-refractivity contribution in [3.63, 3.8) is 0 Å². The van der Waals surface area contributed by atoms with Crippen LogP contribution in [0.2, 0.25) is 19.6 Å². The molecule has 1 aromatic carbocycles. The maximum absolute atomic E-state index is 14.3. The summed E-state index contributed by atoms with van der Waals surface area (Å²) >= 11 is 0. The van der Waals surface area contributed by atoms with Crippen molar-refractivity contribution >= 4 is 36.8 Å². The van der Waals surface area contributed by atoms with Crippen molar-refractivity contribution in [2.24, 2.45) is 0 Å². The second-order valence-corrected chi connectivity index (χ2v) is 13.7. The van der Waals surface area contributed by atoms with Gasteiger partial charge in [0.05, 0.1) is 13.6 Å². The van der Waals surface area contributed by atoms with Gasteiger partial charge in [0.2, 0.25) is 0 Å². The highest BCUT2D eigenvalue weighted by atomic mass is 28.3. The molecule has 1 aromatic heterocycles. The second-order valence-electron chi connectivity index (χ2n) is 8.58. The Morgan fingerprint density at radius 3 is 2.40 bits per heavy atom. The van der Waals surface area contributed by atoms with Gasteiger partial charge in [0.1, 0.15) is 0 Å². The number of carbonyl (C=O) groups is 2. The summed E-state index contributed by atoms with van der Waals surface area (Å²) in [6.45, 7) is 9.92.